The first-order valence-electron chi connectivity index (χ1n) is 11.1. The lowest BCUT2D eigenvalue weighted by atomic mass is 9.98. The van der Waals surface area contributed by atoms with Crippen LogP contribution in [0.25, 0.3) is 0 Å². The first kappa shape index (κ1) is 28.1. The van der Waals surface area contributed by atoms with Crippen molar-refractivity contribution in [1.82, 2.24) is 24.9 Å². The lowest BCUT2D eigenvalue weighted by Crippen LogP contribution is -2.30. The Kier molecular flexibility index (Phi) is 8.86. The van der Waals surface area contributed by atoms with Crippen LogP contribution < -0.4 is 15.5 Å². The molecule has 2 aromatic heterocycles. The summed E-state index contributed by atoms with van der Waals surface area (Å²) >= 11 is 0. The molecule has 0 saturated heterocycles. The fourth-order valence-electron chi connectivity index (χ4n) is 3.37. The van der Waals surface area contributed by atoms with Gasteiger partial charge in [-0.1, -0.05) is 18.2 Å². The zero-order chi connectivity index (χ0) is 27.2. The average molecular weight is 543 g/mol. The highest BCUT2D eigenvalue weighted by molar-refractivity contribution is 7.88. The third-order valence-corrected chi connectivity index (χ3v) is 6.11. The molecule has 1 aromatic carbocycles. The highest BCUT2D eigenvalue weighted by Crippen LogP contribution is 2.28. The number of aromatic nitrogens is 3. The van der Waals surface area contributed by atoms with Gasteiger partial charge in [-0.15, -0.1) is 5.10 Å². The van der Waals surface area contributed by atoms with Crippen LogP contribution in [-0.4, -0.2) is 42.0 Å². The molecule has 9 nitrogen and oxygen atoms in total. The van der Waals surface area contributed by atoms with E-state index in [9.17, 15) is 30.8 Å². The minimum absolute atomic E-state index is 0.0209. The molecule has 0 fully saturated rings. The van der Waals surface area contributed by atoms with Crippen molar-refractivity contribution in [2.24, 2.45) is 0 Å². The number of hydrogen-bond acceptors (Lipinski definition) is 6. The number of rotatable bonds is 11. The van der Waals surface area contributed by atoms with Gasteiger partial charge >= 0.3 is 6.18 Å². The largest absolute Gasteiger partial charge is 0.435 e. The van der Waals surface area contributed by atoms with E-state index in [1.807, 2.05) is 0 Å². The maximum atomic E-state index is 14.5. The second-order valence-electron chi connectivity index (χ2n) is 8.29. The second-order valence-corrected chi connectivity index (χ2v) is 10.1. The van der Waals surface area contributed by atoms with Gasteiger partial charge in [0.25, 0.3) is 0 Å². The fourth-order valence-corrected chi connectivity index (χ4v) is 3.84. The van der Waals surface area contributed by atoms with Crippen molar-refractivity contribution in [1.29, 1.82) is 0 Å². The van der Waals surface area contributed by atoms with Crippen molar-refractivity contribution in [2.75, 3.05) is 18.2 Å². The van der Waals surface area contributed by atoms with Crippen LogP contribution in [0.15, 0.2) is 48.7 Å². The van der Waals surface area contributed by atoms with Crippen LogP contribution in [-0.2, 0) is 40.5 Å². The van der Waals surface area contributed by atoms with E-state index in [4.69, 9.17) is 0 Å². The van der Waals surface area contributed by atoms with Crippen LogP contribution in [0.4, 0.5) is 17.6 Å². The molecule has 3 aromatic rings. The Hall–Kier alpha value is -3.52. The summed E-state index contributed by atoms with van der Waals surface area (Å²) in [6, 6.07) is 10.1. The van der Waals surface area contributed by atoms with E-state index < -0.39 is 39.5 Å². The number of alkyl halides is 3. The molecule has 0 saturated carbocycles. The number of amides is 1. The van der Waals surface area contributed by atoms with E-state index in [0.717, 1.165) is 17.1 Å². The van der Waals surface area contributed by atoms with Crippen molar-refractivity contribution in [3.8, 4) is 0 Å². The number of carbonyl (C=O) groups is 1. The molecule has 200 valence electrons. The molecule has 3 rings (SSSR count). The average Bonchev–Trinajstić information content (AvgIpc) is 3.25. The molecule has 1 atom stereocenters. The van der Waals surface area contributed by atoms with Gasteiger partial charge in [0.1, 0.15) is 5.82 Å². The maximum absolute atomic E-state index is 14.5. The highest BCUT2D eigenvalue weighted by Gasteiger charge is 2.35. The number of benzene rings is 1. The Morgan fingerprint density at radius 3 is 2.51 bits per heavy atom. The van der Waals surface area contributed by atoms with Crippen LogP contribution >= 0.6 is 0 Å². The molecule has 0 aliphatic carbocycles. The summed E-state index contributed by atoms with van der Waals surface area (Å²) in [5, 5.41) is 6.11. The lowest BCUT2D eigenvalue weighted by Gasteiger charge is -2.15. The Labute approximate surface area is 211 Å². The normalized spacial score (nSPS) is 12.8. The van der Waals surface area contributed by atoms with Crippen molar-refractivity contribution >= 4 is 15.9 Å². The fraction of sp³-hybridized carbons (Fsp3) is 0.348. The first-order valence-corrected chi connectivity index (χ1v) is 13.0. The number of nitrogens with zero attached hydrogens (tertiary/aromatic N) is 3. The smallest absolute Gasteiger partial charge is 0.350 e. The Balaban J connectivity index is 1.65. The van der Waals surface area contributed by atoms with Gasteiger partial charge in [-0.05, 0) is 48.7 Å². The molecule has 0 radical (unpaired) electrons. The minimum Gasteiger partial charge on any atom is -0.350 e. The summed E-state index contributed by atoms with van der Waals surface area (Å²) in [5.41, 5.74) is 2.89. The quantitative estimate of drug-likeness (QED) is 0.321. The molecule has 2 heterocycles. The van der Waals surface area contributed by atoms with E-state index in [2.05, 4.69) is 25.5 Å². The summed E-state index contributed by atoms with van der Waals surface area (Å²) < 4.78 is 78.7. The zero-order valence-electron chi connectivity index (χ0n) is 20.0. The Morgan fingerprint density at radius 1 is 1.14 bits per heavy atom. The predicted molar refractivity (Wildman–Crippen MR) is 128 cm³/mol. The summed E-state index contributed by atoms with van der Waals surface area (Å²) in [5.74, 6) is -1.94. The monoisotopic (exact) mass is 542 g/mol. The molecular weight excluding hydrogens is 516 g/mol. The van der Waals surface area contributed by atoms with Crippen LogP contribution in [0.2, 0.25) is 0 Å². The predicted octanol–water partition coefficient (Wildman–Crippen LogP) is 2.69. The Morgan fingerprint density at radius 2 is 1.89 bits per heavy atom. The number of pyridine rings is 1. The highest BCUT2D eigenvalue weighted by atomic mass is 32.2. The number of nitrogens with one attached hydrogen (secondary N) is 3. The number of carbonyl (C=O) groups excluding carboxylic acids is 1. The summed E-state index contributed by atoms with van der Waals surface area (Å²) in [6.07, 6.45) is -2.01. The van der Waals surface area contributed by atoms with E-state index >= 15 is 0 Å². The molecule has 0 spiro atoms. The molecule has 3 N–H and O–H groups in total. The van der Waals surface area contributed by atoms with E-state index in [1.165, 1.54) is 19.1 Å². The van der Waals surface area contributed by atoms with Gasteiger partial charge in [0.05, 0.1) is 36.7 Å². The van der Waals surface area contributed by atoms with E-state index in [-0.39, 0.29) is 37.3 Å². The third kappa shape index (κ3) is 8.25. The standard InChI is InChI=1S/C23H26F4N6O3S/c1-15(17-7-6-16(20(24)11-17)8-10-31-37(2,35)36)22(34)29-14-19-12-21(23(25,26)27)32-33(19)30-13-18-5-3-4-9-28-18/h3-7,9,11-12,15,30-31H,8,10,13-14H2,1-2H3,(H,29,34). The molecule has 37 heavy (non-hydrogen) atoms. The summed E-state index contributed by atoms with van der Waals surface area (Å²) in [7, 11) is -3.40. The van der Waals surface area contributed by atoms with Crippen LogP contribution in [0.3, 0.4) is 0 Å². The molecule has 0 aliphatic rings. The van der Waals surface area contributed by atoms with Gasteiger partial charge in [-0.2, -0.15) is 18.0 Å². The van der Waals surface area contributed by atoms with Gasteiger partial charge < -0.3 is 10.7 Å². The second kappa shape index (κ2) is 11.7. The molecule has 1 unspecified atom stereocenters. The Bertz CT molecular complexity index is 1330. The van der Waals surface area contributed by atoms with Crippen molar-refractivity contribution in [3.05, 3.63) is 82.7 Å². The van der Waals surface area contributed by atoms with Gasteiger partial charge in [-0.25, -0.2) is 17.5 Å². The summed E-state index contributed by atoms with van der Waals surface area (Å²) in [4.78, 5) is 17.7. The van der Waals surface area contributed by atoms with Gasteiger partial charge in [-0.3, -0.25) is 9.78 Å². The number of halogens is 4. The molecular formula is C23H26F4N6O3S. The minimum atomic E-state index is -4.68. The van der Waals surface area contributed by atoms with Crippen LogP contribution in [0.1, 0.15) is 41.1 Å². The molecule has 1 amide bonds. The third-order valence-electron chi connectivity index (χ3n) is 5.38. The molecule has 14 heteroatoms. The zero-order valence-corrected chi connectivity index (χ0v) is 20.8. The number of sulfonamides is 1. The summed E-state index contributed by atoms with van der Waals surface area (Å²) in [6.45, 7) is 1.39. The van der Waals surface area contributed by atoms with E-state index in [1.54, 1.807) is 30.5 Å². The first-order chi connectivity index (χ1) is 17.3. The van der Waals surface area contributed by atoms with Crippen molar-refractivity contribution < 1.29 is 30.8 Å². The molecule has 0 bridgehead atoms. The van der Waals surface area contributed by atoms with Gasteiger partial charge in [0.2, 0.25) is 15.9 Å². The van der Waals surface area contributed by atoms with Gasteiger partial charge in [0.15, 0.2) is 5.69 Å². The lowest BCUT2D eigenvalue weighted by molar-refractivity contribution is -0.141. The number of hydrogen-bond donors (Lipinski definition) is 3. The topological polar surface area (TPSA) is 118 Å². The molecule has 0 aliphatic heterocycles. The van der Waals surface area contributed by atoms with Gasteiger partial charge in [0, 0.05) is 12.7 Å². The van der Waals surface area contributed by atoms with Crippen molar-refractivity contribution in [2.45, 2.75) is 38.5 Å². The van der Waals surface area contributed by atoms with Crippen LogP contribution in [0.5, 0.6) is 0 Å². The SMILES string of the molecule is CC(C(=O)NCc1cc(C(F)(F)F)nn1NCc1ccccn1)c1ccc(CCNS(C)(=O)=O)c(F)c1. The van der Waals surface area contributed by atoms with E-state index in [0.29, 0.717) is 11.3 Å². The van der Waals surface area contributed by atoms with Crippen LogP contribution in [0, 0.1) is 5.82 Å². The van der Waals surface area contributed by atoms with Crippen molar-refractivity contribution in [3.63, 3.8) is 0 Å². The maximum Gasteiger partial charge on any atom is 0.435 e.